The second-order valence-electron chi connectivity index (χ2n) is 3.26. The SMILES string of the molecule is CCCn1c(=O)[nH]c2cccc(O)c21. The van der Waals surface area contributed by atoms with Crippen molar-refractivity contribution < 1.29 is 5.11 Å². The average molecular weight is 192 g/mol. The molecule has 0 aliphatic heterocycles. The summed E-state index contributed by atoms with van der Waals surface area (Å²) in [5, 5.41) is 9.61. The Balaban J connectivity index is 2.79. The molecule has 0 spiro atoms. The van der Waals surface area contributed by atoms with E-state index in [0.29, 0.717) is 17.6 Å². The number of hydrogen-bond acceptors (Lipinski definition) is 2. The van der Waals surface area contributed by atoms with Crippen LogP contribution in [0.5, 0.6) is 5.75 Å². The second kappa shape index (κ2) is 3.21. The first-order valence-corrected chi connectivity index (χ1v) is 4.64. The summed E-state index contributed by atoms with van der Waals surface area (Å²) in [6, 6.07) is 5.08. The molecule has 0 fully saturated rings. The summed E-state index contributed by atoms with van der Waals surface area (Å²) in [6.45, 7) is 2.61. The van der Waals surface area contributed by atoms with Crippen LogP contribution in [-0.4, -0.2) is 14.7 Å². The summed E-state index contributed by atoms with van der Waals surface area (Å²) < 4.78 is 1.56. The Morgan fingerprint density at radius 1 is 1.50 bits per heavy atom. The Bertz CT molecular complexity index is 510. The monoisotopic (exact) mass is 192 g/mol. The fourth-order valence-electron chi connectivity index (χ4n) is 1.64. The van der Waals surface area contributed by atoms with Crippen molar-refractivity contribution in [1.82, 2.24) is 9.55 Å². The first-order valence-electron chi connectivity index (χ1n) is 4.64. The van der Waals surface area contributed by atoms with Crippen molar-refractivity contribution >= 4 is 11.0 Å². The third-order valence-electron chi connectivity index (χ3n) is 2.22. The first-order chi connectivity index (χ1) is 6.74. The number of aromatic amines is 1. The minimum absolute atomic E-state index is 0.148. The predicted molar refractivity (Wildman–Crippen MR) is 54.5 cm³/mol. The highest BCUT2D eigenvalue weighted by Crippen LogP contribution is 2.21. The predicted octanol–water partition coefficient (Wildman–Crippen LogP) is 1.45. The minimum Gasteiger partial charge on any atom is -0.506 e. The van der Waals surface area contributed by atoms with E-state index in [9.17, 15) is 9.90 Å². The van der Waals surface area contributed by atoms with Gasteiger partial charge in [-0.15, -0.1) is 0 Å². The van der Waals surface area contributed by atoms with Gasteiger partial charge in [-0.3, -0.25) is 4.57 Å². The molecule has 0 amide bonds. The quantitative estimate of drug-likeness (QED) is 0.756. The Labute approximate surface area is 80.8 Å². The molecule has 2 rings (SSSR count). The Kier molecular flexibility index (Phi) is 2.04. The summed E-state index contributed by atoms with van der Waals surface area (Å²) in [7, 11) is 0. The highest BCUT2D eigenvalue weighted by molar-refractivity contribution is 5.81. The van der Waals surface area contributed by atoms with Gasteiger partial charge < -0.3 is 10.1 Å². The van der Waals surface area contributed by atoms with Crippen LogP contribution in [0, 0.1) is 0 Å². The number of nitrogens with zero attached hydrogens (tertiary/aromatic N) is 1. The van der Waals surface area contributed by atoms with E-state index in [4.69, 9.17) is 0 Å². The molecule has 14 heavy (non-hydrogen) atoms. The summed E-state index contributed by atoms with van der Waals surface area (Å²) in [6.07, 6.45) is 0.862. The number of rotatable bonds is 2. The van der Waals surface area contributed by atoms with Crippen molar-refractivity contribution in [2.45, 2.75) is 19.9 Å². The van der Waals surface area contributed by atoms with E-state index in [1.807, 2.05) is 6.92 Å². The number of imidazole rings is 1. The van der Waals surface area contributed by atoms with Gasteiger partial charge in [0.1, 0.15) is 11.3 Å². The number of aromatic hydroxyl groups is 1. The maximum Gasteiger partial charge on any atom is 0.326 e. The zero-order valence-electron chi connectivity index (χ0n) is 7.95. The van der Waals surface area contributed by atoms with E-state index in [1.54, 1.807) is 22.8 Å². The topological polar surface area (TPSA) is 58.0 Å². The Morgan fingerprint density at radius 3 is 3.00 bits per heavy atom. The molecule has 0 unspecified atom stereocenters. The zero-order valence-corrected chi connectivity index (χ0v) is 7.95. The summed E-state index contributed by atoms with van der Waals surface area (Å²) >= 11 is 0. The molecule has 0 saturated heterocycles. The molecular formula is C10H12N2O2. The molecule has 1 heterocycles. The maximum absolute atomic E-state index is 11.5. The molecule has 0 aliphatic rings. The van der Waals surface area contributed by atoms with Crippen LogP contribution >= 0.6 is 0 Å². The van der Waals surface area contributed by atoms with Crippen molar-refractivity contribution in [1.29, 1.82) is 0 Å². The number of phenols is 1. The lowest BCUT2D eigenvalue weighted by Crippen LogP contribution is -2.16. The van der Waals surface area contributed by atoms with Gasteiger partial charge in [0.2, 0.25) is 0 Å². The highest BCUT2D eigenvalue weighted by atomic mass is 16.3. The fourth-order valence-corrected chi connectivity index (χ4v) is 1.64. The number of phenolic OH excluding ortho intramolecular Hbond substituents is 1. The summed E-state index contributed by atoms with van der Waals surface area (Å²) in [5.74, 6) is 0.148. The lowest BCUT2D eigenvalue weighted by atomic mass is 10.3. The lowest BCUT2D eigenvalue weighted by molar-refractivity contribution is 0.477. The number of fused-ring (bicyclic) bond motifs is 1. The standard InChI is InChI=1S/C10H12N2O2/c1-2-6-12-9-7(11-10(12)14)4-3-5-8(9)13/h3-5,13H,2,6H2,1H3,(H,11,14). The van der Waals surface area contributed by atoms with Gasteiger partial charge in [0.25, 0.3) is 0 Å². The molecule has 2 N–H and O–H groups in total. The molecule has 2 aromatic rings. The molecular weight excluding hydrogens is 180 g/mol. The molecule has 1 aromatic carbocycles. The molecule has 74 valence electrons. The van der Waals surface area contributed by atoms with E-state index >= 15 is 0 Å². The number of H-pyrrole nitrogens is 1. The van der Waals surface area contributed by atoms with Gasteiger partial charge in [-0.2, -0.15) is 0 Å². The van der Waals surface area contributed by atoms with E-state index in [1.165, 1.54) is 0 Å². The number of hydrogen-bond donors (Lipinski definition) is 2. The molecule has 0 radical (unpaired) electrons. The number of para-hydroxylation sites is 1. The van der Waals surface area contributed by atoms with Crippen molar-refractivity contribution in [2.75, 3.05) is 0 Å². The third-order valence-corrected chi connectivity index (χ3v) is 2.22. The normalized spacial score (nSPS) is 10.9. The van der Waals surface area contributed by atoms with Gasteiger partial charge in [0.15, 0.2) is 0 Å². The Hall–Kier alpha value is -1.71. The van der Waals surface area contributed by atoms with Crippen LogP contribution in [0.1, 0.15) is 13.3 Å². The van der Waals surface area contributed by atoms with Crippen LogP contribution in [0.3, 0.4) is 0 Å². The minimum atomic E-state index is -0.164. The molecule has 1 aromatic heterocycles. The summed E-state index contributed by atoms with van der Waals surface area (Å²) in [5.41, 5.74) is 1.12. The van der Waals surface area contributed by atoms with Crippen LogP contribution < -0.4 is 5.69 Å². The average Bonchev–Trinajstić information content (AvgIpc) is 2.45. The van der Waals surface area contributed by atoms with E-state index in [-0.39, 0.29) is 11.4 Å². The Morgan fingerprint density at radius 2 is 2.29 bits per heavy atom. The molecule has 0 bridgehead atoms. The van der Waals surface area contributed by atoms with Crippen LogP contribution in [-0.2, 0) is 6.54 Å². The van der Waals surface area contributed by atoms with E-state index in [0.717, 1.165) is 6.42 Å². The fraction of sp³-hybridized carbons (Fsp3) is 0.300. The molecule has 0 aliphatic carbocycles. The molecule has 4 nitrogen and oxygen atoms in total. The maximum atomic E-state index is 11.5. The first kappa shape index (κ1) is 8.87. The molecule has 4 heteroatoms. The van der Waals surface area contributed by atoms with Crippen molar-refractivity contribution in [3.05, 3.63) is 28.7 Å². The molecule has 0 saturated carbocycles. The van der Waals surface area contributed by atoms with Gasteiger partial charge in [-0.05, 0) is 18.6 Å². The van der Waals surface area contributed by atoms with Crippen molar-refractivity contribution in [3.8, 4) is 5.75 Å². The zero-order chi connectivity index (χ0) is 10.1. The number of aryl methyl sites for hydroxylation is 1. The van der Waals surface area contributed by atoms with Gasteiger partial charge in [-0.25, -0.2) is 4.79 Å². The number of benzene rings is 1. The second-order valence-corrected chi connectivity index (χ2v) is 3.26. The van der Waals surface area contributed by atoms with Crippen LogP contribution in [0.2, 0.25) is 0 Å². The molecule has 0 atom stereocenters. The number of nitrogens with one attached hydrogen (secondary N) is 1. The largest absolute Gasteiger partial charge is 0.506 e. The van der Waals surface area contributed by atoms with E-state index in [2.05, 4.69) is 4.98 Å². The smallest absolute Gasteiger partial charge is 0.326 e. The van der Waals surface area contributed by atoms with Gasteiger partial charge >= 0.3 is 5.69 Å². The third kappa shape index (κ3) is 1.19. The van der Waals surface area contributed by atoms with Crippen LogP contribution in [0.15, 0.2) is 23.0 Å². The van der Waals surface area contributed by atoms with E-state index < -0.39 is 0 Å². The van der Waals surface area contributed by atoms with Gasteiger partial charge in [0.05, 0.1) is 5.52 Å². The number of aromatic nitrogens is 2. The van der Waals surface area contributed by atoms with Crippen molar-refractivity contribution in [2.24, 2.45) is 0 Å². The lowest BCUT2D eigenvalue weighted by Gasteiger charge is -2.01. The summed E-state index contributed by atoms with van der Waals surface area (Å²) in [4.78, 5) is 14.2. The van der Waals surface area contributed by atoms with Gasteiger partial charge in [-0.1, -0.05) is 13.0 Å². The highest BCUT2D eigenvalue weighted by Gasteiger charge is 2.08. The van der Waals surface area contributed by atoms with Crippen molar-refractivity contribution in [3.63, 3.8) is 0 Å². The van der Waals surface area contributed by atoms with Crippen LogP contribution in [0.25, 0.3) is 11.0 Å². The van der Waals surface area contributed by atoms with Crippen LogP contribution in [0.4, 0.5) is 0 Å². The van der Waals surface area contributed by atoms with Gasteiger partial charge in [0, 0.05) is 6.54 Å².